The zero-order valence-corrected chi connectivity index (χ0v) is 26.8. The Labute approximate surface area is 269 Å². The maximum atomic E-state index is 13.7. The largest absolute Gasteiger partial charge is 0.489 e. The second-order valence-corrected chi connectivity index (χ2v) is 11.8. The first-order valence-electron chi connectivity index (χ1n) is 15.0. The number of benzene rings is 3. The number of nitrogens with one attached hydrogen (secondary N) is 3. The molecule has 3 amide bonds. The molecule has 0 aliphatic heterocycles. The van der Waals surface area contributed by atoms with Gasteiger partial charge in [0.1, 0.15) is 30.0 Å². The minimum Gasteiger partial charge on any atom is -0.489 e. The SMILES string of the molecule is COC(=O)[C@@H](NC(=O)[C@@H](Cc1ccc(OCc2ccccc2)cc1)NC(=O)[C@@H](Cc1ccccc1)NC(=O)OC(C)(C)C)[C@@H](C)O. The molecule has 11 nitrogen and oxygen atoms in total. The number of aliphatic hydroxyl groups excluding tert-OH is 1. The minimum absolute atomic E-state index is 0.0226. The van der Waals surface area contributed by atoms with Crippen LogP contribution in [0.5, 0.6) is 5.75 Å². The number of amides is 3. The van der Waals surface area contributed by atoms with Gasteiger partial charge in [-0.3, -0.25) is 9.59 Å². The van der Waals surface area contributed by atoms with Gasteiger partial charge in [-0.05, 0) is 56.5 Å². The number of esters is 1. The lowest BCUT2D eigenvalue weighted by atomic mass is 10.0. The Balaban J connectivity index is 1.83. The van der Waals surface area contributed by atoms with E-state index < -0.39 is 53.7 Å². The lowest BCUT2D eigenvalue weighted by molar-refractivity contribution is -0.148. The van der Waals surface area contributed by atoms with Gasteiger partial charge in [0.05, 0.1) is 13.2 Å². The highest BCUT2D eigenvalue weighted by atomic mass is 16.6. The van der Waals surface area contributed by atoms with E-state index in [0.29, 0.717) is 17.9 Å². The van der Waals surface area contributed by atoms with Gasteiger partial charge in [0.25, 0.3) is 0 Å². The maximum Gasteiger partial charge on any atom is 0.408 e. The van der Waals surface area contributed by atoms with Crippen molar-refractivity contribution >= 4 is 23.9 Å². The van der Waals surface area contributed by atoms with Crippen LogP contribution >= 0.6 is 0 Å². The van der Waals surface area contributed by atoms with Crippen molar-refractivity contribution in [3.63, 3.8) is 0 Å². The minimum atomic E-state index is -1.37. The quantitative estimate of drug-likeness (QED) is 0.197. The van der Waals surface area contributed by atoms with Crippen molar-refractivity contribution in [1.29, 1.82) is 0 Å². The number of carbonyl (C=O) groups excluding carboxylic acids is 4. The Morgan fingerprint density at radius 1 is 0.717 bits per heavy atom. The third-order valence-corrected chi connectivity index (χ3v) is 6.77. The molecule has 0 bridgehead atoms. The van der Waals surface area contributed by atoms with Gasteiger partial charge in [0, 0.05) is 12.8 Å². The summed E-state index contributed by atoms with van der Waals surface area (Å²) >= 11 is 0. The predicted molar refractivity (Wildman–Crippen MR) is 172 cm³/mol. The van der Waals surface area contributed by atoms with Gasteiger partial charge in [0.2, 0.25) is 11.8 Å². The zero-order valence-electron chi connectivity index (χ0n) is 26.8. The number of ether oxygens (including phenoxy) is 3. The molecule has 246 valence electrons. The molecule has 0 heterocycles. The fourth-order valence-corrected chi connectivity index (χ4v) is 4.45. The number of hydrogen-bond donors (Lipinski definition) is 4. The smallest absolute Gasteiger partial charge is 0.408 e. The van der Waals surface area contributed by atoms with Gasteiger partial charge >= 0.3 is 12.1 Å². The zero-order chi connectivity index (χ0) is 33.7. The van der Waals surface area contributed by atoms with E-state index in [1.54, 1.807) is 45.0 Å². The van der Waals surface area contributed by atoms with Crippen molar-refractivity contribution in [2.24, 2.45) is 0 Å². The first-order chi connectivity index (χ1) is 21.8. The Kier molecular flexibility index (Phi) is 13.1. The number of carbonyl (C=O) groups is 4. The average Bonchev–Trinajstić information content (AvgIpc) is 3.02. The fourth-order valence-electron chi connectivity index (χ4n) is 4.45. The molecular weight excluding hydrogens is 590 g/mol. The van der Waals surface area contributed by atoms with E-state index >= 15 is 0 Å². The Morgan fingerprint density at radius 3 is 1.74 bits per heavy atom. The van der Waals surface area contributed by atoms with Gasteiger partial charge in [0.15, 0.2) is 6.04 Å². The molecule has 3 rings (SSSR count). The van der Waals surface area contributed by atoms with E-state index in [-0.39, 0.29) is 12.8 Å². The summed E-state index contributed by atoms with van der Waals surface area (Å²) in [4.78, 5) is 52.2. The van der Waals surface area contributed by atoms with Crippen molar-refractivity contribution in [3.8, 4) is 5.75 Å². The molecule has 4 N–H and O–H groups in total. The molecule has 0 saturated heterocycles. The molecule has 0 radical (unpaired) electrons. The molecule has 3 aromatic carbocycles. The van der Waals surface area contributed by atoms with E-state index in [1.165, 1.54) is 6.92 Å². The van der Waals surface area contributed by atoms with E-state index in [9.17, 15) is 24.3 Å². The Morgan fingerprint density at radius 2 is 1.22 bits per heavy atom. The van der Waals surface area contributed by atoms with Crippen LogP contribution < -0.4 is 20.7 Å². The Bertz CT molecular complexity index is 1420. The number of alkyl carbamates (subject to hydrolysis) is 1. The lowest BCUT2D eigenvalue weighted by Gasteiger charge is -2.27. The normalized spacial score (nSPS) is 13.7. The van der Waals surface area contributed by atoms with E-state index in [0.717, 1.165) is 18.2 Å². The summed E-state index contributed by atoms with van der Waals surface area (Å²) in [5.41, 5.74) is 1.65. The molecule has 0 saturated carbocycles. The van der Waals surface area contributed by atoms with Gasteiger partial charge < -0.3 is 35.3 Å². The molecule has 0 fully saturated rings. The van der Waals surface area contributed by atoms with Crippen molar-refractivity contribution in [2.75, 3.05) is 7.11 Å². The molecule has 0 aliphatic rings. The molecule has 0 unspecified atom stereocenters. The predicted octanol–water partition coefficient (Wildman–Crippen LogP) is 3.47. The second kappa shape index (κ2) is 17.0. The van der Waals surface area contributed by atoms with Crippen LogP contribution in [-0.2, 0) is 43.3 Å². The number of rotatable bonds is 14. The van der Waals surface area contributed by atoms with Crippen LogP contribution in [-0.4, -0.2) is 65.9 Å². The van der Waals surface area contributed by atoms with E-state index in [2.05, 4.69) is 16.0 Å². The summed E-state index contributed by atoms with van der Waals surface area (Å²) in [5, 5.41) is 18.0. The van der Waals surface area contributed by atoms with Crippen LogP contribution in [0.25, 0.3) is 0 Å². The van der Waals surface area contributed by atoms with Crippen molar-refractivity contribution in [2.45, 2.75) is 77.0 Å². The highest BCUT2D eigenvalue weighted by Gasteiger charge is 2.33. The molecule has 46 heavy (non-hydrogen) atoms. The first-order valence-corrected chi connectivity index (χ1v) is 15.0. The molecule has 4 atom stereocenters. The van der Waals surface area contributed by atoms with Crippen molar-refractivity contribution in [3.05, 3.63) is 102 Å². The first kappa shape index (κ1) is 35.6. The summed E-state index contributed by atoms with van der Waals surface area (Å²) in [5.74, 6) is -1.61. The monoisotopic (exact) mass is 633 g/mol. The summed E-state index contributed by atoms with van der Waals surface area (Å²) < 4.78 is 16.0. The lowest BCUT2D eigenvalue weighted by Crippen LogP contribution is -2.58. The molecule has 0 aliphatic carbocycles. The number of hydrogen-bond acceptors (Lipinski definition) is 8. The highest BCUT2D eigenvalue weighted by Crippen LogP contribution is 2.16. The van der Waals surface area contributed by atoms with Crippen molar-refractivity contribution in [1.82, 2.24) is 16.0 Å². The van der Waals surface area contributed by atoms with E-state index in [4.69, 9.17) is 14.2 Å². The van der Waals surface area contributed by atoms with Gasteiger partial charge in [-0.25, -0.2) is 9.59 Å². The number of aliphatic hydroxyl groups is 1. The summed E-state index contributed by atoms with van der Waals surface area (Å²) in [7, 11) is 1.14. The van der Waals surface area contributed by atoms with Gasteiger partial charge in [-0.1, -0.05) is 72.8 Å². The van der Waals surface area contributed by atoms with E-state index in [1.807, 2.05) is 60.7 Å². The Hall–Kier alpha value is -4.90. The summed E-state index contributed by atoms with van der Waals surface area (Å²) in [6.07, 6.45) is -1.93. The highest BCUT2D eigenvalue weighted by molar-refractivity contribution is 5.93. The topological polar surface area (TPSA) is 152 Å². The summed E-state index contributed by atoms with van der Waals surface area (Å²) in [6.45, 7) is 6.83. The van der Waals surface area contributed by atoms with Crippen LogP contribution in [0.1, 0.15) is 44.4 Å². The van der Waals surface area contributed by atoms with Crippen LogP contribution in [0, 0.1) is 0 Å². The summed E-state index contributed by atoms with van der Waals surface area (Å²) in [6, 6.07) is 22.1. The van der Waals surface area contributed by atoms with Gasteiger partial charge in [-0.15, -0.1) is 0 Å². The fraction of sp³-hybridized carbons (Fsp3) is 0.371. The maximum absolute atomic E-state index is 13.7. The standard InChI is InChI=1S/C35H43N3O8/c1-23(39)30(33(42)44-5)38-32(41)28(21-25-16-18-27(19-17-25)45-22-26-14-10-7-11-15-26)36-31(40)29(20-24-12-8-6-9-13-24)37-34(43)46-35(2,3)4/h6-19,23,28-30,39H,20-22H2,1-5H3,(H,36,40)(H,37,43)(H,38,41)/t23-,28-,29-,30+/m1/s1. The van der Waals surface area contributed by atoms with Crippen molar-refractivity contribution < 1.29 is 38.5 Å². The van der Waals surface area contributed by atoms with Crippen LogP contribution in [0.4, 0.5) is 4.79 Å². The molecule has 3 aromatic rings. The molecule has 11 heteroatoms. The second-order valence-electron chi connectivity index (χ2n) is 11.8. The van der Waals surface area contributed by atoms with Gasteiger partial charge in [-0.2, -0.15) is 0 Å². The molecule has 0 spiro atoms. The van der Waals surface area contributed by atoms with Crippen LogP contribution in [0.3, 0.4) is 0 Å². The third-order valence-electron chi connectivity index (χ3n) is 6.77. The van der Waals surface area contributed by atoms with Crippen LogP contribution in [0.2, 0.25) is 0 Å². The van der Waals surface area contributed by atoms with Crippen LogP contribution in [0.15, 0.2) is 84.9 Å². The number of methoxy groups -OCH3 is 1. The molecular formula is C35H43N3O8. The average molecular weight is 634 g/mol. The molecule has 0 aromatic heterocycles. The third kappa shape index (κ3) is 11.9.